The van der Waals surface area contributed by atoms with Crippen LogP contribution in [-0.2, 0) is 4.79 Å². The predicted molar refractivity (Wildman–Crippen MR) is 151 cm³/mol. The minimum Gasteiger partial charge on any atom is -0.378 e. The van der Waals surface area contributed by atoms with Gasteiger partial charge in [0.2, 0.25) is 11.0 Å². The Balaban J connectivity index is 1.24. The number of carbonyl (C=O) groups is 1. The number of aliphatic hydroxyl groups excluding tert-OH is 1. The van der Waals surface area contributed by atoms with Gasteiger partial charge in [0.05, 0.1) is 11.0 Å². The van der Waals surface area contributed by atoms with E-state index in [2.05, 4.69) is 30.5 Å². The summed E-state index contributed by atoms with van der Waals surface area (Å²) >= 11 is 2.50. The molecule has 1 aliphatic rings. The Bertz CT molecular complexity index is 1250. The maximum atomic E-state index is 12.6. The first-order valence-corrected chi connectivity index (χ1v) is 14.1. The van der Waals surface area contributed by atoms with Crippen molar-refractivity contribution in [3.8, 4) is 0 Å². The van der Waals surface area contributed by atoms with Gasteiger partial charge in [-0.2, -0.15) is 0 Å². The summed E-state index contributed by atoms with van der Waals surface area (Å²) in [5.41, 5.74) is 7.74. The summed E-state index contributed by atoms with van der Waals surface area (Å²) in [7, 11) is 0. The number of thioether (sulfide) groups is 1. The molecule has 0 spiro atoms. The number of amides is 1. The van der Waals surface area contributed by atoms with Crippen molar-refractivity contribution in [1.82, 2.24) is 20.2 Å². The lowest BCUT2D eigenvalue weighted by molar-refractivity contribution is -0.117. The second kappa shape index (κ2) is 13.0. The Kier molecular flexibility index (Phi) is 9.53. The summed E-state index contributed by atoms with van der Waals surface area (Å²) in [4.78, 5) is 24.9. The van der Waals surface area contributed by atoms with Crippen molar-refractivity contribution in [2.75, 3.05) is 5.32 Å². The minimum atomic E-state index is -1.00. The lowest BCUT2D eigenvalue weighted by atomic mass is 10.0. The van der Waals surface area contributed by atoms with E-state index in [1.807, 2.05) is 38.1 Å². The lowest BCUT2D eigenvalue weighted by Crippen LogP contribution is -2.20. The maximum absolute atomic E-state index is 12.6. The van der Waals surface area contributed by atoms with Gasteiger partial charge >= 0.3 is 0 Å². The number of aliphatic hydroxyl groups is 1. The molecule has 0 aliphatic heterocycles. The van der Waals surface area contributed by atoms with E-state index in [0.717, 1.165) is 47.2 Å². The third-order valence-electron chi connectivity index (χ3n) is 6.76. The number of carbonyl (C=O) groups excluding carboxylic acids is 1. The Labute approximate surface area is 230 Å². The van der Waals surface area contributed by atoms with Crippen LogP contribution >= 0.6 is 23.1 Å². The van der Waals surface area contributed by atoms with Crippen LogP contribution < -0.4 is 11.1 Å². The second-order valence-corrected chi connectivity index (χ2v) is 11.6. The number of anilines is 1. The molecular weight excluding hydrogens is 520 g/mol. The van der Waals surface area contributed by atoms with Gasteiger partial charge in [0.15, 0.2) is 11.4 Å². The highest BCUT2D eigenvalue weighted by atomic mass is 32.2. The SMILES string of the molecule is C[C@H](c1cccnc1)C(O)N=C(N)SC(=N)C[C@@H]1CC[C@H](c2nnc(NC(=O)[C@H](C)c3cccnc3)s2)C1. The second-order valence-electron chi connectivity index (χ2n) is 9.50. The Hall–Kier alpha value is -3.22. The lowest BCUT2D eigenvalue weighted by Gasteiger charge is -2.16. The van der Waals surface area contributed by atoms with Crippen LogP contribution in [0.5, 0.6) is 0 Å². The molecule has 0 saturated heterocycles. The van der Waals surface area contributed by atoms with Crippen LogP contribution in [0.3, 0.4) is 0 Å². The summed E-state index contributed by atoms with van der Waals surface area (Å²) in [5, 5.41) is 32.2. The summed E-state index contributed by atoms with van der Waals surface area (Å²) in [6, 6.07) is 7.39. The number of nitrogens with two attached hydrogens (primary N) is 1. The van der Waals surface area contributed by atoms with Gasteiger partial charge < -0.3 is 16.2 Å². The minimum absolute atomic E-state index is 0.144. The third-order valence-corrected chi connectivity index (χ3v) is 8.49. The number of aliphatic imine (C=N–C) groups is 1. The number of nitrogens with one attached hydrogen (secondary N) is 2. The smallest absolute Gasteiger partial charge is 0.233 e. The molecule has 5 atom stereocenters. The topological polar surface area (TPSA) is 163 Å². The fraction of sp³-hybridized carbons (Fsp3) is 0.423. The number of hydrogen-bond donors (Lipinski definition) is 4. The molecule has 10 nitrogen and oxygen atoms in total. The molecule has 1 saturated carbocycles. The molecule has 1 amide bonds. The van der Waals surface area contributed by atoms with Crippen LogP contribution in [0.1, 0.15) is 73.4 Å². The summed E-state index contributed by atoms with van der Waals surface area (Å²) < 4.78 is 0. The summed E-state index contributed by atoms with van der Waals surface area (Å²) in [6.45, 7) is 3.70. The number of pyridine rings is 2. The van der Waals surface area contributed by atoms with Gasteiger partial charge in [0.1, 0.15) is 5.01 Å². The molecule has 12 heteroatoms. The van der Waals surface area contributed by atoms with E-state index < -0.39 is 6.23 Å². The molecule has 5 N–H and O–H groups in total. The van der Waals surface area contributed by atoms with Crippen LogP contribution in [0.4, 0.5) is 5.13 Å². The van der Waals surface area contributed by atoms with Crippen molar-refractivity contribution in [3.05, 3.63) is 65.2 Å². The number of aromatic nitrogens is 4. The van der Waals surface area contributed by atoms with Gasteiger partial charge in [-0.25, -0.2) is 4.99 Å². The number of amidine groups is 1. The molecule has 3 aromatic rings. The monoisotopic (exact) mass is 552 g/mol. The van der Waals surface area contributed by atoms with E-state index in [1.165, 1.54) is 11.3 Å². The largest absolute Gasteiger partial charge is 0.378 e. The summed E-state index contributed by atoms with van der Waals surface area (Å²) in [5.74, 6) is -0.155. The van der Waals surface area contributed by atoms with Crippen LogP contribution in [0, 0.1) is 11.3 Å². The first-order valence-electron chi connectivity index (χ1n) is 12.5. The molecule has 4 rings (SSSR count). The Morgan fingerprint density at radius 1 is 1.21 bits per heavy atom. The third kappa shape index (κ3) is 7.42. The number of rotatable bonds is 9. The zero-order valence-electron chi connectivity index (χ0n) is 21.3. The fourth-order valence-corrected chi connectivity index (χ4v) is 6.07. The van der Waals surface area contributed by atoms with Crippen molar-refractivity contribution in [3.63, 3.8) is 0 Å². The van der Waals surface area contributed by atoms with Gasteiger partial charge in [0.25, 0.3) is 0 Å². The quantitative estimate of drug-likeness (QED) is 0.223. The van der Waals surface area contributed by atoms with Gasteiger partial charge in [-0.1, -0.05) is 30.4 Å². The van der Waals surface area contributed by atoms with Gasteiger partial charge in [-0.05, 0) is 73.5 Å². The van der Waals surface area contributed by atoms with Crippen LogP contribution in [0.15, 0.2) is 54.0 Å². The van der Waals surface area contributed by atoms with Crippen LogP contribution in [-0.4, -0.2) is 47.6 Å². The van der Waals surface area contributed by atoms with E-state index in [1.54, 1.807) is 24.8 Å². The molecule has 200 valence electrons. The molecule has 3 heterocycles. The van der Waals surface area contributed by atoms with Gasteiger partial charge in [0, 0.05) is 36.6 Å². The van der Waals surface area contributed by atoms with E-state index in [9.17, 15) is 9.90 Å². The normalized spacial score (nSPS) is 20.0. The van der Waals surface area contributed by atoms with Crippen LogP contribution in [0.25, 0.3) is 0 Å². The fourth-order valence-electron chi connectivity index (χ4n) is 4.45. The van der Waals surface area contributed by atoms with Crippen molar-refractivity contribution >= 4 is 44.3 Å². The standard InChI is InChI=1S/C26H32N8O2S2/c1-15(19-5-3-9-29-13-19)22(35)31-25(28)37-21(27)12-17-7-8-18(11-17)24-33-34-26(38-24)32-23(36)16(2)20-6-4-10-30-14-20/h3-6,9-10,13-18,22,27,35H,7-8,11-12H2,1-2H3,(H2,28,31)(H,32,34,36)/t15-,16-,17-,18+,22?/m1/s1. The highest BCUT2D eigenvalue weighted by molar-refractivity contribution is 8.26. The highest BCUT2D eigenvalue weighted by Crippen LogP contribution is 2.42. The van der Waals surface area contributed by atoms with Crippen molar-refractivity contribution in [2.24, 2.45) is 16.6 Å². The number of hydrogen-bond acceptors (Lipinski definition) is 10. The molecule has 0 aromatic carbocycles. The van der Waals surface area contributed by atoms with E-state index in [-0.39, 0.29) is 28.8 Å². The maximum Gasteiger partial charge on any atom is 0.233 e. The van der Waals surface area contributed by atoms with Gasteiger partial charge in [-0.3, -0.25) is 20.2 Å². The van der Waals surface area contributed by atoms with Crippen molar-refractivity contribution in [2.45, 2.75) is 63.5 Å². The number of nitrogens with zero attached hydrogens (tertiary/aromatic N) is 5. The molecule has 1 aliphatic carbocycles. The Morgan fingerprint density at radius 3 is 2.61 bits per heavy atom. The molecule has 0 bridgehead atoms. The van der Waals surface area contributed by atoms with E-state index in [0.29, 0.717) is 22.5 Å². The predicted octanol–water partition coefficient (Wildman–Crippen LogP) is 4.49. The molecule has 1 fully saturated rings. The first kappa shape index (κ1) is 27.8. The first-order chi connectivity index (χ1) is 18.3. The average Bonchev–Trinajstić information content (AvgIpc) is 3.58. The molecule has 3 aromatic heterocycles. The molecular formula is C26H32N8O2S2. The van der Waals surface area contributed by atoms with Crippen LogP contribution in [0.2, 0.25) is 0 Å². The van der Waals surface area contributed by atoms with E-state index in [4.69, 9.17) is 11.1 Å². The van der Waals surface area contributed by atoms with E-state index >= 15 is 0 Å². The average molecular weight is 553 g/mol. The highest BCUT2D eigenvalue weighted by Gasteiger charge is 2.30. The Morgan fingerprint density at radius 2 is 1.92 bits per heavy atom. The molecule has 1 unspecified atom stereocenters. The zero-order chi connectivity index (χ0) is 27.1. The van der Waals surface area contributed by atoms with Crippen molar-refractivity contribution < 1.29 is 9.90 Å². The van der Waals surface area contributed by atoms with Gasteiger partial charge in [-0.15, -0.1) is 10.2 Å². The van der Waals surface area contributed by atoms with Crippen molar-refractivity contribution in [1.29, 1.82) is 5.41 Å². The summed E-state index contributed by atoms with van der Waals surface area (Å²) in [6.07, 6.45) is 9.17. The molecule has 0 radical (unpaired) electrons. The zero-order valence-corrected chi connectivity index (χ0v) is 23.0. The molecule has 38 heavy (non-hydrogen) atoms.